The van der Waals surface area contributed by atoms with E-state index >= 15 is 0 Å². The van der Waals surface area contributed by atoms with Crippen LogP contribution in [0, 0.1) is 0 Å². The van der Waals surface area contributed by atoms with Gasteiger partial charge in [0.25, 0.3) is 0 Å². The molecule has 0 aromatic carbocycles. The lowest BCUT2D eigenvalue weighted by Gasteiger charge is -2.34. The second-order valence-corrected chi connectivity index (χ2v) is 2.73. The smallest absolute Gasteiger partial charge is 0.163 e. The number of nitrogens with one attached hydrogen (secondary N) is 3. The van der Waals surface area contributed by atoms with Crippen molar-refractivity contribution < 1.29 is 0 Å². The van der Waals surface area contributed by atoms with Crippen molar-refractivity contribution in [2.24, 2.45) is 0 Å². The molecule has 3 N–H and O–H groups in total. The number of hydrogen-bond donors (Lipinski definition) is 3. The zero-order chi connectivity index (χ0) is 8.86. The normalized spacial score (nSPS) is 19.2. The van der Waals surface area contributed by atoms with Crippen LogP contribution in [0.5, 0.6) is 0 Å². The minimum atomic E-state index is -0.238. The third-order valence-corrected chi connectivity index (χ3v) is 1.78. The molecule has 0 aromatic rings. The maximum absolute atomic E-state index is 3.34. The third kappa shape index (κ3) is 2.09. The molecule has 68 valence electrons. The molecule has 0 aliphatic carbocycles. The van der Waals surface area contributed by atoms with Crippen LogP contribution in [-0.4, -0.2) is 18.9 Å². The van der Waals surface area contributed by atoms with Gasteiger partial charge in [0.15, 0.2) is 5.79 Å². The number of hydrogen-bond acceptors (Lipinski definition) is 3. The topological polar surface area (TPSA) is 36.1 Å². The second kappa shape index (κ2) is 4.28. The fraction of sp³-hybridized carbons (Fsp3) is 0.556. The Bertz CT molecular complexity index is 178. The van der Waals surface area contributed by atoms with Crippen LogP contribution in [0.15, 0.2) is 24.4 Å². The molecule has 0 amide bonds. The van der Waals surface area contributed by atoms with E-state index in [4.69, 9.17) is 0 Å². The van der Waals surface area contributed by atoms with Crippen molar-refractivity contribution in [1.29, 1.82) is 0 Å². The summed E-state index contributed by atoms with van der Waals surface area (Å²) in [6.45, 7) is 6.04. The molecule has 1 heterocycles. The van der Waals surface area contributed by atoms with Crippen LogP contribution >= 0.6 is 0 Å². The van der Waals surface area contributed by atoms with Gasteiger partial charge in [-0.25, -0.2) is 0 Å². The molecular weight excluding hydrogens is 150 g/mol. The van der Waals surface area contributed by atoms with E-state index in [1.165, 1.54) is 0 Å². The molecule has 1 rings (SSSR count). The molecule has 0 aromatic heterocycles. The molecule has 1 aliphatic rings. The van der Waals surface area contributed by atoms with Crippen molar-refractivity contribution in [3.05, 3.63) is 24.4 Å². The first kappa shape index (κ1) is 9.29. The largest absolute Gasteiger partial charge is 0.358 e. The highest BCUT2D eigenvalue weighted by Gasteiger charge is 2.22. The Morgan fingerprint density at radius 3 is 2.25 bits per heavy atom. The summed E-state index contributed by atoms with van der Waals surface area (Å²) in [6.07, 6.45) is 8.03. The highest BCUT2D eigenvalue weighted by Crippen LogP contribution is 2.02. The highest BCUT2D eigenvalue weighted by molar-refractivity contribution is 5.17. The predicted octanol–water partition coefficient (Wildman–Crippen LogP) is 0.532. The zero-order valence-electron chi connectivity index (χ0n) is 7.72. The van der Waals surface area contributed by atoms with Crippen molar-refractivity contribution in [2.45, 2.75) is 19.6 Å². The monoisotopic (exact) mass is 167 g/mol. The number of allylic oxidation sites excluding steroid dienone is 2. The molecule has 0 radical (unpaired) electrons. The van der Waals surface area contributed by atoms with Gasteiger partial charge < -0.3 is 5.32 Å². The lowest BCUT2D eigenvalue weighted by atomic mass is 10.2. The van der Waals surface area contributed by atoms with Crippen LogP contribution in [0.3, 0.4) is 0 Å². The van der Waals surface area contributed by atoms with Crippen molar-refractivity contribution in [1.82, 2.24) is 16.0 Å². The van der Waals surface area contributed by atoms with Gasteiger partial charge in [0.2, 0.25) is 0 Å². The van der Waals surface area contributed by atoms with Crippen LogP contribution in [0.4, 0.5) is 0 Å². The molecular formula is C9H17N3. The lowest BCUT2D eigenvalue weighted by molar-refractivity contribution is 0.298. The Morgan fingerprint density at radius 1 is 1.17 bits per heavy atom. The first-order valence-electron chi connectivity index (χ1n) is 4.45. The summed E-state index contributed by atoms with van der Waals surface area (Å²) in [5, 5.41) is 9.92. The average Bonchev–Trinajstić information content (AvgIpc) is 2.07. The minimum Gasteiger partial charge on any atom is -0.358 e. The summed E-state index contributed by atoms with van der Waals surface area (Å²) in [5.74, 6) is -0.238. The molecule has 0 fully saturated rings. The molecule has 0 saturated carbocycles. The summed E-state index contributed by atoms with van der Waals surface area (Å²) in [4.78, 5) is 0. The van der Waals surface area contributed by atoms with E-state index < -0.39 is 0 Å². The van der Waals surface area contributed by atoms with E-state index in [2.05, 4.69) is 35.9 Å². The molecule has 3 heteroatoms. The Hall–Kier alpha value is -0.800. The molecule has 3 nitrogen and oxygen atoms in total. The molecule has 0 bridgehead atoms. The van der Waals surface area contributed by atoms with E-state index in [-0.39, 0.29) is 5.79 Å². The van der Waals surface area contributed by atoms with Gasteiger partial charge in [-0.15, -0.1) is 0 Å². The minimum absolute atomic E-state index is 0.238. The molecule has 0 atom stereocenters. The second-order valence-electron chi connectivity index (χ2n) is 2.73. The van der Waals surface area contributed by atoms with Gasteiger partial charge >= 0.3 is 0 Å². The van der Waals surface area contributed by atoms with Gasteiger partial charge in [-0.05, 0) is 31.4 Å². The first-order chi connectivity index (χ1) is 5.83. The Labute approximate surface area is 73.9 Å². The summed E-state index contributed by atoms with van der Waals surface area (Å²) >= 11 is 0. The van der Waals surface area contributed by atoms with Crippen LogP contribution in [0.2, 0.25) is 0 Å². The lowest BCUT2D eigenvalue weighted by Crippen LogP contribution is -2.64. The Kier molecular flexibility index (Phi) is 3.31. The van der Waals surface area contributed by atoms with Crippen LogP contribution in [-0.2, 0) is 0 Å². The predicted molar refractivity (Wildman–Crippen MR) is 51.5 cm³/mol. The summed E-state index contributed by atoms with van der Waals surface area (Å²) in [5.41, 5.74) is 0. The molecule has 12 heavy (non-hydrogen) atoms. The summed E-state index contributed by atoms with van der Waals surface area (Å²) < 4.78 is 0. The van der Waals surface area contributed by atoms with Crippen LogP contribution in [0.1, 0.15) is 13.8 Å². The fourth-order valence-electron chi connectivity index (χ4n) is 1.32. The fourth-order valence-corrected chi connectivity index (χ4v) is 1.32. The maximum Gasteiger partial charge on any atom is 0.163 e. The van der Waals surface area contributed by atoms with Gasteiger partial charge in [0.05, 0.1) is 0 Å². The van der Waals surface area contributed by atoms with Crippen molar-refractivity contribution in [2.75, 3.05) is 13.1 Å². The first-order valence-corrected chi connectivity index (χ1v) is 4.45. The Morgan fingerprint density at radius 2 is 1.83 bits per heavy atom. The summed E-state index contributed by atoms with van der Waals surface area (Å²) in [6, 6.07) is 0. The standard InChI is InChI=1S/C9H17N3/c1-3-10-9(11-4-2)7-5-6-8-12-9/h5-8,10-12H,3-4H2,1-2H3. The van der Waals surface area contributed by atoms with Crippen LogP contribution < -0.4 is 16.0 Å². The Balaban J connectivity index is 2.59. The van der Waals surface area contributed by atoms with Crippen LogP contribution in [0.25, 0.3) is 0 Å². The summed E-state index contributed by atoms with van der Waals surface area (Å²) in [7, 11) is 0. The number of rotatable bonds is 4. The van der Waals surface area contributed by atoms with Crippen molar-refractivity contribution >= 4 is 0 Å². The SMILES string of the molecule is CCNC1(NCC)C=CC=CN1. The maximum atomic E-state index is 3.34. The van der Waals surface area contributed by atoms with E-state index in [0.29, 0.717) is 0 Å². The van der Waals surface area contributed by atoms with Gasteiger partial charge in [-0.3, -0.25) is 10.6 Å². The quantitative estimate of drug-likeness (QED) is 0.535. The van der Waals surface area contributed by atoms with Gasteiger partial charge in [-0.2, -0.15) is 0 Å². The zero-order valence-corrected chi connectivity index (χ0v) is 7.72. The van der Waals surface area contributed by atoms with Gasteiger partial charge in [-0.1, -0.05) is 19.9 Å². The van der Waals surface area contributed by atoms with Crippen molar-refractivity contribution in [3.63, 3.8) is 0 Å². The van der Waals surface area contributed by atoms with E-state index in [0.717, 1.165) is 13.1 Å². The van der Waals surface area contributed by atoms with E-state index in [9.17, 15) is 0 Å². The molecule has 0 spiro atoms. The third-order valence-electron chi connectivity index (χ3n) is 1.78. The van der Waals surface area contributed by atoms with Crippen molar-refractivity contribution in [3.8, 4) is 0 Å². The number of likely N-dealkylation sites (N-methyl/N-ethyl adjacent to an activating group) is 2. The number of dihydropyridines is 1. The molecule has 1 aliphatic heterocycles. The average molecular weight is 167 g/mol. The van der Waals surface area contributed by atoms with E-state index in [1.54, 1.807) is 0 Å². The van der Waals surface area contributed by atoms with Gasteiger partial charge in [0, 0.05) is 0 Å². The molecule has 0 unspecified atom stereocenters. The highest BCUT2D eigenvalue weighted by atomic mass is 15.3. The molecule has 0 saturated heterocycles. The van der Waals surface area contributed by atoms with Gasteiger partial charge in [0.1, 0.15) is 0 Å². The van der Waals surface area contributed by atoms with E-state index in [1.807, 2.05) is 18.4 Å².